The number of hydrogen-bond donors (Lipinski definition) is 1. The van der Waals surface area contributed by atoms with Crippen molar-refractivity contribution >= 4 is 21.2 Å². The van der Waals surface area contributed by atoms with Crippen LogP contribution in [-0.4, -0.2) is 47.7 Å². The largest absolute Gasteiger partial charge is 0.371 e. The van der Waals surface area contributed by atoms with Crippen LogP contribution in [0.15, 0.2) is 52.3 Å². The van der Waals surface area contributed by atoms with E-state index in [-0.39, 0.29) is 9.79 Å². The highest BCUT2D eigenvalue weighted by molar-refractivity contribution is 7.91. The van der Waals surface area contributed by atoms with Gasteiger partial charge in [-0.15, -0.1) is 0 Å². The van der Waals surface area contributed by atoms with E-state index in [9.17, 15) is 12.8 Å². The molecule has 0 amide bonds. The summed E-state index contributed by atoms with van der Waals surface area (Å²) in [4.78, 5) is 4.71. The second-order valence-corrected chi connectivity index (χ2v) is 8.79. The number of benzene rings is 2. The Labute approximate surface area is 167 Å². The fourth-order valence-electron chi connectivity index (χ4n) is 3.59. The minimum Gasteiger partial charge on any atom is -0.371 e. The van der Waals surface area contributed by atoms with Crippen LogP contribution in [0.25, 0.3) is 0 Å². The number of nitrogens with zero attached hydrogens (tertiary/aromatic N) is 2. The van der Waals surface area contributed by atoms with E-state index in [1.165, 1.54) is 24.3 Å². The number of rotatable bonds is 6. The van der Waals surface area contributed by atoms with E-state index >= 15 is 0 Å². The maximum Gasteiger partial charge on any atom is 0.208 e. The normalized spacial score (nSPS) is 15.3. The zero-order valence-electron chi connectivity index (χ0n) is 16.5. The first kappa shape index (κ1) is 20.6. The molecule has 3 rings (SSSR count). The van der Waals surface area contributed by atoms with E-state index < -0.39 is 15.7 Å². The predicted octanol–water partition coefficient (Wildman–Crippen LogP) is 3.30. The Hall–Kier alpha value is -2.12. The third-order valence-corrected chi connectivity index (χ3v) is 6.98. The minimum atomic E-state index is -3.75. The summed E-state index contributed by atoms with van der Waals surface area (Å²) >= 11 is 0. The van der Waals surface area contributed by atoms with Gasteiger partial charge < -0.3 is 15.1 Å². The molecular weight excluding hydrogens is 377 g/mol. The quantitative estimate of drug-likeness (QED) is 0.748. The smallest absolute Gasteiger partial charge is 0.208 e. The summed E-state index contributed by atoms with van der Waals surface area (Å²) in [6, 6.07) is 10.6. The summed E-state index contributed by atoms with van der Waals surface area (Å²) in [6.45, 7) is 9.17. The van der Waals surface area contributed by atoms with Crippen LogP contribution in [-0.2, 0) is 9.84 Å². The van der Waals surface area contributed by atoms with Crippen molar-refractivity contribution in [1.82, 2.24) is 5.32 Å². The molecule has 0 atom stereocenters. The Bertz CT molecular complexity index is 888. The molecule has 2 aromatic carbocycles. The van der Waals surface area contributed by atoms with Crippen LogP contribution < -0.4 is 15.1 Å². The average Bonchev–Trinajstić information content (AvgIpc) is 2.99. The molecule has 5 nitrogen and oxygen atoms in total. The van der Waals surface area contributed by atoms with Crippen LogP contribution in [0, 0.1) is 5.82 Å². The van der Waals surface area contributed by atoms with Crippen molar-refractivity contribution in [3.05, 3.63) is 48.3 Å². The van der Waals surface area contributed by atoms with Gasteiger partial charge in [0.25, 0.3) is 0 Å². The van der Waals surface area contributed by atoms with E-state index in [0.29, 0.717) is 18.8 Å². The molecule has 1 saturated heterocycles. The van der Waals surface area contributed by atoms with Crippen molar-refractivity contribution in [2.75, 3.05) is 49.1 Å². The molecule has 0 bridgehead atoms. The van der Waals surface area contributed by atoms with Crippen molar-refractivity contribution in [3.8, 4) is 0 Å². The van der Waals surface area contributed by atoms with Gasteiger partial charge in [-0.3, -0.25) is 0 Å². The fourth-order valence-corrected chi connectivity index (χ4v) is 5.04. The summed E-state index contributed by atoms with van der Waals surface area (Å²) in [5, 5.41) is 3.39. The van der Waals surface area contributed by atoms with Gasteiger partial charge >= 0.3 is 0 Å². The van der Waals surface area contributed by atoms with E-state index in [1.54, 1.807) is 6.07 Å². The number of sulfone groups is 1. The van der Waals surface area contributed by atoms with Crippen molar-refractivity contribution in [2.45, 2.75) is 30.1 Å². The zero-order valence-corrected chi connectivity index (χ0v) is 17.3. The van der Waals surface area contributed by atoms with Gasteiger partial charge in [0.2, 0.25) is 9.84 Å². The van der Waals surface area contributed by atoms with Crippen LogP contribution in [0.2, 0.25) is 0 Å². The van der Waals surface area contributed by atoms with Crippen LogP contribution in [0.4, 0.5) is 15.8 Å². The van der Waals surface area contributed by atoms with Gasteiger partial charge in [-0.1, -0.05) is 0 Å². The predicted molar refractivity (Wildman–Crippen MR) is 112 cm³/mol. The minimum absolute atomic E-state index is 0.106. The molecule has 0 spiro atoms. The highest BCUT2D eigenvalue weighted by Gasteiger charge is 2.25. The lowest BCUT2D eigenvalue weighted by Crippen LogP contribution is -2.29. The number of anilines is 2. The molecule has 1 N–H and O–H groups in total. The van der Waals surface area contributed by atoms with Gasteiger partial charge in [-0.2, -0.15) is 0 Å². The molecule has 2 aromatic rings. The lowest BCUT2D eigenvalue weighted by atomic mass is 10.2. The first-order valence-electron chi connectivity index (χ1n) is 9.82. The van der Waals surface area contributed by atoms with E-state index in [1.807, 2.05) is 26.0 Å². The average molecular weight is 406 g/mol. The maximum absolute atomic E-state index is 13.3. The Morgan fingerprint density at radius 3 is 2.43 bits per heavy atom. The number of hydrogen-bond acceptors (Lipinski definition) is 5. The Balaban J connectivity index is 2.08. The first-order chi connectivity index (χ1) is 13.5. The molecule has 0 aromatic heterocycles. The van der Waals surface area contributed by atoms with E-state index in [4.69, 9.17) is 0 Å². The van der Waals surface area contributed by atoms with Gasteiger partial charge in [0.1, 0.15) is 5.82 Å². The lowest BCUT2D eigenvalue weighted by molar-refractivity contribution is 0.594. The van der Waals surface area contributed by atoms with Gasteiger partial charge in [-0.25, -0.2) is 12.8 Å². The molecule has 152 valence electrons. The van der Waals surface area contributed by atoms with Crippen molar-refractivity contribution in [1.29, 1.82) is 0 Å². The van der Waals surface area contributed by atoms with Crippen LogP contribution in [0.5, 0.6) is 0 Å². The lowest BCUT2D eigenvalue weighted by Gasteiger charge is -2.28. The molecule has 7 heteroatoms. The highest BCUT2D eigenvalue weighted by Crippen LogP contribution is 2.34. The summed E-state index contributed by atoms with van der Waals surface area (Å²) in [7, 11) is -3.75. The molecule has 1 fully saturated rings. The Morgan fingerprint density at radius 2 is 1.75 bits per heavy atom. The second-order valence-electron chi connectivity index (χ2n) is 6.87. The Morgan fingerprint density at radius 1 is 1.04 bits per heavy atom. The zero-order chi connectivity index (χ0) is 20.1. The van der Waals surface area contributed by atoms with Crippen molar-refractivity contribution < 1.29 is 12.8 Å². The fraction of sp³-hybridized carbons (Fsp3) is 0.429. The van der Waals surface area contributed by atoms with Crippen molar-refractivity contribution in [2.24, 2.45) is 0 Å². The van der Waals surface area contributed by atoms with Gasteiger partial charge in [-0.05, 0) is 69.3 Å². The molecule has 1 heterocycles. The molecule has 1 aliphatic rings. The number of nitrogens with one attached hydrogen (secondary N) is 1. The van der Waals surface area contributed by atoms with E-state index in [0.717, 1.165) is 38.3 Å². The second kappa shape index (κ2) is 8.92. The SMILES string of the molecule is CCN(CC)c1cc(N2CCCNCC2)ccc1S(=O)(=O)c1ccc(F)cc1. The first-order valence-corrected chi connectivity index (χ1v) is 11.3. The third-order valence-electron chi connectivity index (χ3n) is 5.17. The molecular formula is C21H28FN3O2S. The van der Waals surface area contributed by atoms with Gasteiger partial charge in [0, 0.05) is 38.4 Å². The molecule has 0 saturated carbocycles. The standard InChI is InChI=1S/C21H28FN3O2S/c1-3-24(4-2)20-16-18(25-14-5-12-23-13-15-25)8-11-21(20)28(26,27)19-9-6-17(22)7-10-19/h6-11,16,23H,3-5,12-15H2,1-2H3. The summed E-state index contributed by atoms with van der Waals surface area (Å²) < 4.78 is 39.8. The van der Waals surface area contributed by atoms with Crippen molar-refractivity contribution in [3.63, 3.8) is 0 Å². The number of halogens is 1. The molecule has 1 aliphatic heterocycles. The monoisotopic (exact) mass is 405 g/mol. The topological polar surface area (TPSA) is 52.6 Å². The van der Waals surface area contributed by atoms with Gasteiger partial charge in [0.15, 0.2) is 0 Å². The van der Waals surface area contributed by atoms with Crippen LogP contribution >= 0.6 is 0 Å². The van der Waals surface area contributed by atoms with Crippen LogP contribution in [0.3, 0.4) is 0 Å². The molecule has 0 aliphatic carbocycles. The van der Waals surface area contributed by atoms with E-state index in [2.05, 4.69) is 15.1 Å². The molecule has 28 heavy (non-hydrogen) atoms. The summed E-state index contributed by atoms with van der Waals surface area (Å²) in [5.74, 6) is -0.451. The summed E-state index contributed by atoms with van der Waals surface area (Å²) in [5.41, 5.74) is 1.73. The molecule has 0 radical (unpaired) electrons. The maximum atomic E-state index is 13.3. The van der Waals surface area contributed by atoms with Gasteiger partial charge in [0.05, 0.1) is 15.5 Å². The molecule has 0 unspecified atom stereocenters. The summed E-state index contributed by atoms with van der Waals surface area (Å²) in [6.07, 6.45) is 1.05. The highest BCUT2D eigenvalue weighted by atomic mass is 32.2. The Kier molecular flexibility index (Phi) is 6.57. The van der Waals surface area contributed by atoms with Crippen LogP contribution in [0.1, 0.15) is 20.3 Å². The third kappa shape index (κ3) is 4.31.